The fraction of sp³-hybridized carbons (Fsp3) is 1.00. The van der Waals surface area contributed by atoms with Crippen molar-refractivity contribution >= 4 is 20.2 Å². The van der Waals surface area contributed by atoms with Crippen LogP contribution in [0.1, 0.15) is 13.3 Å². The van der Waals surface area contributed by atoms with Crippen molar-refractivity contribution in [2.75, 3.05) is 32.1 Å². The van der Waals surface area contributed by atoms with Crippen LogP contribution in [0.4, 0.5) is 0 Å². The first kappa shape index (κ1) is 20.1. The fourth-order valence-corrected chi connectivity index (χ4v) is 1.11. The molecule has 0 aromatic rings. The monoisotopic (exact) mass is 306 g/mol. The minimum atomic E-state index is -3.67. The predicted molar refractivity (Wildman–Crippen MR) is 69.7 cm³/mol. The molecule has 4 N–H and O–H groups in total. The van der Waals surface area contributed by atoms with E-state index in [1.165, 1.54) is 13.0 Å². The van der Waals surface area contributed by atoms with Crippen molar-refractivity contribution in [3.8, 4) is 0 Å². The van der Waals surface area contributed by atoms with Gasteiger partial charge in [0.15, 0.2) is 0 Å². The molecule has 1 rings (SSSR count). The Labute approximate surface area is 109 Å². The van der Waals surface area contributed by atoms with Crippen LogP contribution in [0.25, 0.3) is 0 Å². The van der Waals surface area contributed by atoms with Crippen molar-refractivity contribution in [3.63, 3.8) is 0 Å². The number of rotatable bonds is 2. The van der Waals surface area contributed by atoms with Crippen LogP contribution in [0.2, 0.25) is 0 Å². The van der Waals surface area contributed by atoms with Crippen LogP contribution in [0.3, 0.4) is 0 Å². The van der Waals surface area contributed by atoms with Crippen LogP contribution in [-0.4, -0.2) is 69.0 Å². The summed E-state index contributed by atoms with van der Waals surface area (Å²) in [5, 5.41) is 0. The molecular weight excluding hydrogens is 284 g/mol. The Morgan fingerprint density at radius 2 is 1.39 bits per heavy atom. The zero-order valence-corrected chi connectivity index (χ0v) is 12.4. The summed E-state index contributed by atoms with van der Waals surface area (Å²) in [6, 6.07) is 0.474. The largest absolute Gasteiger partial charge is 0.325 e. The molecule has 0 saturated carbocycles. The maximum Gasteiger partial charge on any atom is 0.261 e. The molecule has 18 heavy (non-hydrogen) atoms. The fourth-order valence-electron chi connectivity index (χ4n) is 1.11. The molecule has 1 aliphatic heterocycles. The van der Waals surface area contributed by atoms with Crippen LogP contribution < -0.4 is 5.73 Å². The van der Waals surface area contributed by atoms with E-state index >= 15 is 0 Å². The average Bonchev–Trinajstić information content (AvgIpc) is 1.95. The van der Waals surface area contributed by atoms with Gasteiger partial charge >= 0.3 is 0 Å². The molecule has 0 aliphatic carbocycles. The highest BCUT2D eigenvalue weighted by Crippen LogP contribution is 2.04. The van der Waals surface area contributed by atoms with E-state index in [4.69, 9.17) is 14.8 Å². The SMILES string of the molecule is CCCN1CC(N)C1.CS(=O)(=O)O.CS(=O)(=O)O. The highest BCUT2D eigenvalue weighted by atomic mass is 32.2. The van der Waals surface area contributed by atoms with E-state index in [2.05, 4.69) is 11.8 Å². The zero-order valence-electron chi connectivity index (χ0n) is 10.8. The second-order valence-corrected chi connectivity index (χ2v) is 6.92. The van der Waals surface area contributed by atoms with Gasteiger partial charge in [-0.1, -0.05) is 6.92 Å². The van der Waals surface area contributed by atoms with E-state index in [0.29, 0.717) is 18.6 Å². The molecule has 1 fully saturated rings. The van der Waals surface area contributed by atoms with E-state index in [-0.39, 0.29) is 0 Å². The number of nitrogens with two attached hydrogens (primary N) is 1. The Morgan fingerprint density at radius 1 is 1.11 bits per heavy atom. The van der Waals surface area contributed by atoms with E-state index in [1.54, 1.807) is 0 Å². The van der Waals surface area contributed by atoms with Crippen LogP contribution in [0.5, 0.6) is 0 Å². The van der Waals surface area contributed by atoms with Gasteiger partial charge in [0.2, 0.25) is 0 Å². The topological polar surface area (TPSA) is 138 Å². The molecular formula is C8H22N2O6S2. The smallest absolute Gasteiger partial charge is 0.261 e. The molecule has 0 atom stereocenters. The van der Waals surface area contributed by atoms with E-state index in [0.717, 1.165) is 13.1 Å². The molecule has 0 radical (unpaired) electrons. The highest BCUT2D eigenvalue weighted by molar-refractivity contribution is 7.85. The van der Waals surface area contributed by atoms with E-state index in [9.17, 15) is 16.8 Å². The Hall–Kier alpha value is -0.260. The predicted octanol–water partition coefficient (Wildman–Crippen LogP) is -0.953. The van der Waals surface area contributed by atoms with Crippen molar-refractivity contribution in [3.05, 3.63) is 0 Å². The molecule has 0 spiro atoms. The van der Waals surface area contributed by atoms with Crippen molar-refractivity contribution in [1.82, 2.24) is 4.90 Å². The summed E-state index contributed by atoms with van der Waals surface area (Å²) in [5.41, 5.74) is 5.56. The lowest BCUT2D eigenvalue weighted by Gasteiger charge is -2.36. The normalized spacial score (nSPS) is 16.8. The minimum absolute atomic E-state index is 0.474. The lowest BCUT2D eigenvalue weighted by molar-refractivity contribution is 0.151. The quantitative estimate of drug-likeness (QED) is 0.555. The van der Waals surface area contributed by atoms with Crippen molar-refractivity contribution in [2.45, 2.75) is 19.4 Å². The summed E-state index contributed by atoms with van der Waals surface area (Å²) >= 11 is 0. The van der Waals surface area contributed by atoms with Gasteiger partial charge in [0.1, 0.15) is 0 Å². The standard InChI is InChI=1S/C6H14N2.2CH4O3S/c1-2-3-8-4-6(7)5-8;2*1-5(2,3)4/h6H,2-5,7H2,1H3;2*1H3,(H,2,3,4). The molecule has 0 amide bonds. The summed E-state index contributed by atoms with van der Waals surface area (Å²) in [5.74, 6) is 0. The van der Waals surface area contributed by atoms with Gasteiger partial charge in [-0.2, -0.15) is 16.8 Å². The molecule has 1 heterocycles. The van der Waals surface area contributed by atoms with E-state index in [1.807, 2.05) is 0 Å². The molecule has 112 valence electrons. The summed E-state index contributed by atoms with van der Waals surface area (Å²) < 4.78 is 51.7. The van der Waals surface area contributed by atoms with Gasteiger partial charge in [-0.3, -0.25) is 9.11 Å². The molecule has 1 aliphatic rings. The Bertz CT molecular complexity index is 351. The lowest BCUT2D eigenvalue weighted by Crippen LogP contribution is -2.55. The zero-order chi connectivity index (χ0) is 15.0. The minimum Gasteiger partial charge on any atom is -0.325 e. The third-order valence-electron chi connectivity index (χ3n) is 1.53. The van der Waals surface area contributed by atoms with E-state index < -0.39 is 20.2 Å². The maximum absolute atomic E-state index is 9.19. The summed E-state index contributed by atoms with van der Waals surface area (Å²) in [7, 11) is -7.33. The van der Waals surface area contributed by atoms with Gasteiger partial charge in [0, 0.05) is 19.1 Å². The summed E-state index contributed by atoms with van der Waals surface area (Å²) in [6.07, 6.45) is 2.69. The first-order valence-corrected chi connectivity index (χ1v) is 8.85. The van der Waals surface area contributed by atoms with Gasteiger partial charge in [0.05, 0.1) is 12.5 Å². The van der Waals surface area contributed by atoms with Crippen LogP contribution >= 0.6 is 0 Å². The summed E-state index contributed by atoms with van der Waals surface area (Å²) in [4.78, 5) is 2.38. The second-order valence-electron chi connectivity index (χ2n) is 3.99. The molecule has 0 unspecified atom stereocenters. The van der Waals surface area contributed by atoms with Gasteiger partial charge in [-0.15, -0.1) is 0 Å². The number of hydrogen-bond donors (Lipinski definition) is 3. The number of hydrogen-bond acceptors (Lipinski definition) is 6. The molecule has 1 saturated heterocycles. The molecule has 0 bridgehead atoms. The van der Waals surface area contributed by atoms with Crippen LogP contribution in [-0.2, 0) is 20.2 Å². The van der Waals surface area contributed by atoms with Crippen molar-refractivity contribution in [2.24, 2.45) is 5.73 Å². The molecule has 0 aromatic heterocycles. The van der Waals surface area contributed by atoms with Gasteiger partial charge in [-0.25, -0.2) is 0 Å². The lowest BCUT2D eigenvalue weighted by atomic mass is 10.1. The first-order chi connectivity index (χ1) is 7.83. The van der Waals surface area contributed by atoms with Gasteiger partial charge < -0.3 is 10.6 Å². The Balaban J connectivity index is 0. The third-order valence-corrected chi connectivity index (χ3v) is 1.53. The second kappa shape index (κ2) is 8.77. The maximum atomic E-state index is 9.19. The Morgan fingerprint density at radius 3 is 1.56 bits per heavy atom. The molecule has 0 aromatic carbocycles. The third kappa shape index (κ3) is 29.6. The van der Waals surface area contributed by atoms with Crippen LogP contribution in [0.15, 0.2) is 0 Å². The Kier molecular flexibility index (Phi) is 9.78. The average molecular weight is 306 g/mol. The molecule has 10 heteroatoms. The molecule has 8 nitrogen and oxygen atoms in total. The number of nitrogens with zero attached hydrogens (tertiary/aromatic N) is 1. The number of likely N-dealkylation sites (tertiary alicyclic amines) is 1. The highest BCUT2D eigenvalue weighted by Gasteiger charge is 2.20. The van der Waals surface area contributed by atoms with Gasteiger partial charge in [0.25, 0.3) is 20.2 Å². The van der Waals surface area contributed by atoms with Gasteiger partial charge in [-0.05, 0) is 13.0 Å². The van der Waals surface area contributed by atoms with Crippen molar-refractivity contribution in [1.29, 1.82) is 0 Å². The summed E-state index contributed by atoms with van der Waals surface area (Å²) in [6.45, 7) is 5.67. The van der Waals surface area contributed by atoms with Crippen molar-refractivity contribution < 1.29 is 25.9 Å². The van der Waals surface area contributed by atoms with Crippen LogP contribution in [0, 0.1) is 0 Å². The first-order valence-electron chi connectivity index (χ1n) is 5.15.